The van der Waals surface area contributed by atoms with Crippen LogP contribution < -0.4 is 10.7 Å². The molecular weight excluding hydrogens is 279 g/mol. The number of halogens is 1. The second-order valence-corrected chi connectivity index (χ2v) is 4.84. The fourth-order valence-corrected chi connectivity index (χ4v) is 2.30. The molecule has 0 saturated carbocycles. The predicted octanol–water partition coefficient (Wildman–Crippen LogP) is 1.91. The number of nitro groups is 1. The van der Waals surface area contributed by atoms with Gasteiger partial charge in [-0.05, 0) is 18.9 Å². The number of hydrogen-bond acceptors (Lipinski definition) is 5. The first-order valence-electron chi connectivity index (χ1n) is 6.74. The van der Waals surface area contributed by atoms with Crippen molar-refractivity contribution in [2.45, 2.75) is 19.3 Å². The zero-order valence-electron chi connectivity index (χ0n) is 11.7. The number of hydrazine groups is 1. The molecule has 1 aromatic rings. The summed E-state index contributed by atoms with van der Waals surface area (Å²) in [5, 5.41) is 15.3. The smallest absolute Gasteiger partial charge is 0.285 e. The van der Waals surface area contributed by atoms with Gasteiger partial charge in [0.15, 0.2) is 5.82 Å². The summed E-state index contributed by atoms with van der Waals surface area (Å²) < 4.78 is 13.6. The van der Waals surface area contributed by atoms with Gasteiger partial charge in [-0.1, -0.05) is 6.42 Å². The Morgan fingerprint density at radius 1 is 1.33 bits per heavy atom. The van der Waals surface area contributed by atoms with E-state index in [0.717, 1.165) is 31.4 Å². The molecule has 7 nitrogen and oxygen atoms in total. The van der Waals surface area contributed by atoms with Crippen molar-refractivity contribution >= 4 is 17.3 Å². The van der Waals surface area contributed by atoms with Crippen LogP contribution in [0.5, 0.6) is 0 Å². The minimum absolute atomic E-state index is 0.0457. The number of piperidine rings is 1. The van der Waals surface area contributed by atoms with Gasteiger partial charge in [-0.15, -0.1) is 0 Å². The molecule has 114 valence electrons. The van der Waals surface area contributed by atoms with Crippen LogP contribution in [0.2, 0.25) is 0 Å². The summed E-state index contributed by atoms with van der Waals surface area (Å²) in [7, 11) is 1.48. The van der Waals surface area contributed by atoms with Gasteiger partial charge in [-0.2, -0.15) is 0 Å². The number of nitrogens with one attached hydrogen (secondary N) is 2. The van der Waals surface area contributed by atoms with Crippen molar-refractivity contribution in [2.75, 3.05) is 25.5 Å². The van der Waals surface area contributed by atoms with Gasteiger partial charge < -0.3 is 5.32 Å². The molecule has 1 amide bonds. The van der Waals surface area contributed by atoms with E-state index in [1.54, 1.807) is 5.01 Å². The predicted molar refractivity (Wildman–Crippen MR) is 75.5 cm³/mol. The number of hydrogen-bond donors (Lipinski definition) is 2. The zero-order chi connectivity index (χ0) is 15.4. The molecular formula is C13H17FN4O3. The lowest BCUT2D eigenvalue weighted by atomic mass is 10.1. The van der Waals surface area contributed by atoms with Crippen LogP contribution in [0.3, 0.4) is 0 Å². The van der Waals surface area contributed by atoms with Crippen LogP contribution >= 0.6 is 0 Å². The van der Waals surface area contributed by atoms with Gasteiger partial charge in [-0.3, -0.25) is 20.3 Å². The van der Waals surface area contributed by atoms with Crippen LogP contribution in [0.1, 0.15) is 29.6 Å². The van der Waals surface area contributed by atoms with Gasteiger partial charge in [0.1, 0.15) is 5.56 Å². The van der Waals surface area contributed by atoms with Crippen molar-refractivity contribution in [3.63, 3.8) is 0 Å². The van der Waals surface area contributed by atoms with Crippen molar-refractivity contribution in [3.05, 3.63) is 33.6 Å². The molecule has 1 saturated heterocycles. The highest BCUT2D eigenvalue weighted by Crippen LogP contribution is 2.26. The van der Waals surface area contributed by atoms with E-state index in [0.29, 0.717) is 13.1 Å². The van der Waals surface area contributed by atoms with Crippen molar-refractivity contribution in [1.82, 2.24) is 10.4 Å². The van der Waals surface area contributed by atoms with Gasteiger partial charge in [0.05, 0.1) is 16.7 Å². The summed E-state index contributed by atoms with van der Waals surface area (Å²) in [5.74, 6) is -1.36. The summed E-state index contributed by atoms with van der Waals surface area (Å²) in [6, 6.07) is 1.92. The van der Waals surface area contributed by atoms with E-state index in [4.69, 9.17) is 0 Å². The van der Waals surface area contributed by atoms with Crippen LogP contribution in [0.25, 0.3) is 0 Å². The Balaban J connectivity index is 2.27. The largest absolute Gasteiger partial charge is 0.386 e. The number of amides is 1. The monoisotopic (exact) mass is 296 g/mol. The summed E-state index contributed by atoms with van der Waals surface area (Å²) >= 11 is 0. The molecule has 0 unspecified atom stereocenters. The van der Waals surface area contributed by atoms with Crippen LogP contribution in [0, 0.1) is 15.9 Å². The molecule has 1 heterocycles. The van der Waals surface area contributed by atoms with E-state index in [9.17, 15) is 19.3 Å². The standard InChI is InChI=1S/C13H17FN4O3/c1-15-11-7-9(12(18(20)21)8-10(11)14)13(19)16-17-5-3-2-4-6-17/h7-8,15H,2-6H2,1H3,(H,16,19). The summed E-state index contributed by atoms with van der Waals surface area (Å²) in [6.07, 6.45) is 3.04. The molecule has 2 rings (SSSR count). The first-order valence-corrected chi connectivity index (χ1v) is 6.74. The number of benzene rings is 1. The molecule has 8 heteroatoms. The summed E-state index contributed by atoms with van der Waals surface area (Å²) in [4.78, 5) is 22.4. The third-order valence-electron chi connectivity index (χ3n) is 3.41. The average Bonchev–Trinajstić information content (AvgIpc) is 2.47. The maximum Gasteiger partial charge on any atom is 0.285 e. The van der Waals surface area contributed by atoms with Crippen LogP contribution in [-0.2, 0) is 0 Å². The number of carbonyl (C=O) groups excluding carboxylic acids is 1. The molecule has 21 heavy (non-hydrogen) atoms. The third-order valence-corrected chi connectivity index (χ3v) is 3.41. The fourth-order valence-electron chi connectivity index (χ4n) is 2.30. The normalized spacial score (nSPS) is 15.5. The highest BCUT2D eigenvalue weighted by Gasteiger charge is 2.25. The molecule has 1 aliphatic heterocycles. The summed E-state index contributed by atoms with van der Waals surface area (Å²) in [5.41, 5.74) is 1.99. The van der Waals surface area contributed by atoms with Gasteiger partial charge >= 0.3 is 0 Å². The molecule has 1 aliphatic rings. The Morgan fingerprint density at radius 3 is 2.57 bits per heavy atom. The van der Waals surface area contributed by atoms with Crippen LogP contribution in [-0.4, -0.2) is 36.0 Å². The Hall–Kier alpha value is -2.22. The molecule has 0 aromatic heterocycles. The van der Waals surface area contributed by atoms with Crippen molar-refractivity contribution in [3.8, 4) is 0 Å². The first kappa shape index (κ1) is 15.2. The number of rotatable bonds is 4. The molecule has 0 spiro atoms. The lowest BCUT2D eigenvalue weighted by Gasteiger charge is -2.26. The number of nitrogens with zero attached hydrogens (tertiary/aromatic N) is 2. The van der Waals surface area contributed by atoms with Crippen LogP contribution in [0.4, 0.5) is 15.8 Å². The molecule has 1 aromatic carbocycles. The second-order valence-electron chi connectivity index (χ2n) is 4.84. The topological polar surface area (TPSA) is 87.5 Å². The lowest BCUT2D eigenvalue weighted by molar-refractivity contribution is -0.385. The molecule has 0 aliphatic carbocycles. The zero-order valence-corrected chi connectivity index (χ0v) is 11.7. The molecule has 1 fully saturated rings. The number of carbonyl (C=O) groups is 1. The van der Waals surface area contributed by atoms with E-state index in [2.05, 4.69) is 10.7 Å². The Kier molecular flexibility index (Phi) is 4.69. The first-order chi connectivity index (χ1) is 10.0. The average molecular weight is 296 g/mol. The van der Waals surface area contributed by atoms with E-state index in [1.807, 2.05) is 0 Å². The third kappa shape index (κ3) is 3.46. The molecule has 0 bridgehead atoms. The maximum atomic E-state index is 13.6. The molecule has 2 N–H and O–H groups in total. The van der Waals surface area contributed by atoms with Crippen LogP contribution in [0.15, 0.2) is 12.1 Å². The van der Waals surface area contributed by atoms with E-state index in [-0.39, 0.29) is 11.3 Å². The Bertz CT molecular complexity index is 559. The Labute approximate surface area is 121 Å². The van der Waals surface area contributed by atoms with E-state index in [1.165, 1.54) is 7.05 Å². The quantitative estimate of drug-likeness (QED) is 0.654. The van der Waals surface area contributed by atoms with Gasteiger partial charge in [0.2, 0.25) is 0 Å². The number of nitro benzene ring substituents is 1. The minimum Gasteiger partial charge on any atom is -0.386 e. The van der Waals surface area contributed by atoms with Gasteiger partial charge in [0.25, 0.3) is 11.6 Å². The van der Waals surface area contributed by atoms with Crippen molar-refractivity contribution in [2.24, 2.45) is 0 Å². The maximum absolute atomic E-state index is 13.6. The van der Waals surface area contributed by atoms with Crippen molar-refractivity contribution < 1.29 is 14.1 Å². The second kappa shape index (κ2) is 6.49. The van der Waals surface area contributed by atoms with E-state index >= 15 is 0 Å². The Morgan fingerprint density at radius 2 is 2.00 bits per heavy atom. The highest BCUT2D eigenvalue weighted by atomic mass is 19.1. The van der Waals surface area contributed by atoms with Crippen molar-refractivity contribution in [1.29, 1.82) is 0 Å². The van der Waals surface area contributed by atoms with Gasteiger partial charge in [-0.25, -0.2) is 9.40 Å². The van der Waals surface area contributed by atoms with E-state index < -0.39 is 22.3 Å². The molecule has 0 atom stereocenters. The fraction of sp³-hybridized carbons (Fsp3) is 0.462. The minimum atomic E-state index is -0.765. The summed E-state index contributed by atoms with van der Waals surface area (Å²) in [6.45, 7) is 1.42. The number of anilines is 1. The highest BCUT2D eigenvalue weighted by molar-refractivity contribution is 5.98. The lowest BCUT2D eigenvalue weighted by Crippen LogP contribution is -2.45. The SMILES string of the molecule is CNc1cc(C(=O)NN2CCCCC2)c([N+](=O)[O-])cc1F. The molecule has 0 radical (unpaired) electrons. The van der Waals surface area contributed by atoms with Gasteiger partial charge in [0, 0.05) is 20.1 Å².